The number of Topliss-reactive ketones (excluding diaryl/α,β-unsaturated/α-hetero) is 1. The summed E-state index contributed by atoms with van der Waals surface area (Å²) < 4.78 is 19.0. The van der Waals surface area contributed by atoms with E-state index in [0.717, 1.165) is 0 Å². The monoisotopic (exact) mass is 295 g/mol. The van der Waals surface area contributed by atoms with Gasteiger partial charge in [-0.1, -0.05) is 6.92 Å². The normalized spacial score (nSPS) is 16.5. The van der Waals surface area contributed by atoms with Crippen LogP contribution < -0.4 is 10.1 Å². The second kappa shape index (κ2) is 5.90. The number of hydrogen-bond donors (Lipinski definition) is 2. The van der Waals surface area contributed by atoms with Gasteiger partial charge in [0, 0.05) is 12.0 Å². The van der Waals surface area contributed by atoms with E-state index in [1.165, 1.54) is 12.1 Å². The molecular weight excluding hydrogens is 281 g/mol. The van der Waals surface area contributed by atoms with Crippen molar-refractivity contribution in [3.05, 3.63) is 29.1 Å². The molecule has 0 saturated carbocycles. The highest BCUT2D eigenvalue weighted by Gasteiger charge is 2.32. The number of amides is 1. The van der Waals surface area contributed by atoms with Gasteiger partial charge >= 0.3 is 5.97 Å². The van der Waals surface area contributed by atoms with Gasteiger partial charge in [-0.2, -0.15) is 0 Å². The first-order valence-electron chi connectivity index (χ1n) is 6.37. The predicted octanol–water partition coefficient (Wildman–Crippen LogP) is 1.10. The maximum atomic E-state index is 13.8. The highest BCUT2D eigenvalue weighted by Crippen LogP contribution is 2.39. The zero-order chi connectivity index (χ0) is 15.6. The van der Waals surface area contributed by atoms with E-state index in [1.807, 2.05) is 0 Å². The number of carboxylic acids is 1. The van der Waals surface area contributed by atoms with Crippen LogP contribution in [0.25, 0.3) is 0 Å². The molecule has 1 aliphatic carbocycles. The lowest BCUT2D eigenvalue weighted by atomic mass is 10.0. The molecule has 21 heavy (non-hydrogen) atoms. The molecule has 1 aliphatic rings. The average molecular weight is 295 g/mol. The second-order valence-electron chi connectivity index (χ2n) is 4.82. The molecule has 1 aromatic carbocycles. The number of fused-ring (bicyclic) bond motifs is 1. The first-order chi connectivity index (χ1) is 9.90. The SMILES string of the molecule is CC1CC(=O)c2c(OCC(=O)NCC(=O)O)ccc(F)c21. The van der Waals surface area contributed by atoms with Gasteiger partial charge in [0.05, 0.1) is 5.56 Å². The molecule has 0 radical (unpaired) electrons. The third-order valence-electron chi connectivity index (χ3n) is 3.21. The van der Waals surface area contributed by atoms with Gasteiger partial charge in [0.1, 0.15) is 18.1 Å². The molecule has 0 aromatic heterocycles. The van der Waals surface area contributed by atoms with Crippen LogP contribution in [0.1, 0.15) is 35.2 Å². The topological polar surface area (TPSA) is 92.7 Å². The number of benzene rings is 1. The maximum absolute atomic E-state index is 13.8. The average Bonchev–Trinajstić information content (AvgIpc) is 2.72. The molecule has 112 valence electrons. The summed E-state index contributed by atoms with van der Waals surface area (Å²) in [5.41, 5.74) is 0.483. The van der Waals surface area contributed by atoms with Crippen LogP contribution in [0.15, 0.2) is 12.1 Å². The van der Waals surface area contributed by atoms with Crippen LogP contribution in [-0.4, -0.2) is 35.9 Å². The smallest absolute Gasteiger partial charge is 0.322 e. The van der Waals surface area contributed by atoms with Crippen molar-refractivity contribution in [3.8, 4) is 5.75 Å². The quantitative estimate of drug-likeness (QED) is 0.848. The summed E-state index contributed by atoms with van der Waals surface area (Å²) in [6, 6.07) is 2.49. The van der Waals surface area contributed by atoms with E-state index in [9.17, 15) is 18.8 Å². The Morgan fingerprint density at radius 3 is 2.86 bits per heavy atom. The van der Waals surface area contributed by atoms with Crippen LogP contribution >= 0.6 is 0 Å². The predicted molar refractivity (Wildman–Crippen MR) is 69.9 cm³/mol. The number of halogens is 1. The molecule has 1 amide bonds. The van der Waals surface area contributed by atoms with Gasteiger partial charge in [0.2, 0.25) is 0 Å². The largest absolute Gasteiger partial charge is 0.483 e. The number of hydrogen-bond acceptors (Lipinski definition) is 4. The van der Waals surface area contributed by atoms with Gasteiger partial charge < -0.3 is 15.2 Å². The van der Waals surface area contributed by atoms with Crippen LogP contribution in [0, 0.1) is 5.82 Å². The van der Waals surface area contributed by atoms with E-state index in [-0.39, 0.29) is 29.4 Å². The minimum Gasteiger partial charge on any atom is -0.483 e. The second-order valence-corrected chi connectivity index (χ2v) is 4.82. The minimum atomic E-state index is -1.17. The van der Waals surface area contributed by atoms with Crippen molar-refractivity contribution in [2.75, 3.05) is 13.2 Å². The fourth-order valence-corrected chi connectivity index (χ4v) is 2.31. The Morgan fingerprint density at radius 2 is 2.19 bits per heavy atom. The van der Waals surface area contributed by atoms with Crippen LogP contribution in [0.4, 0.5) is 4.39 Å². The van der Waals surface area contributed by atoms with Gasteiger partial charge in [-0.25, -0.2) is 4.39 Å². The van der Waals surface area contributed by atoms with Crippen LogP contribution in [0.2, 0.25) is 0 Å². The van der Waals surface area contributed by atoms with E-state index >= 15 is 0 Å². The Bertz CT molecular complexity index is 614. The van der Waals surface area contributed by atoms with E-state index in [4.69, 9.17) is 9.84 Å². The summed E-state index contributed by atoms with van der Waals surface area (Å²) in [5, 5.41) is 10.6. The van der Waals surface area contributed by atoms with E-state index in [0.29, 0.717) is 5.56 Å². The number of aliphatic carboxylic acids is 1. The number of carboxylic acid groups (broad SMARTS) is 1. The summed E-state index contributed by atoms with van der Waals surface area (Å²) >= 11 is 0. The highest BCUT2D eigenvalue weighted by molar-refractivity contribution is 6.03. The molecular formula is C14H14FNO5. The molecule has 0 fully saturated rings. The molecule has 2 N–H and O–H groups in total. The van der Waals surface area contributed by atoms with Crippen molar-refractivity contribution in [2.24, 2.45) is 0 Å². The standard InChI is InChI=1S/C14H14FNO5/c1-7-4-9(17)14-10(3-2-8(15)13(7)14)21-6-11(18)16-5-12(19)20/h2-3,7H,4-6H2,1H3,(H,16,18)(H,19,20). The van der Waals surface area contributed by atoms with Crippen molar-refractivity contribution in [3.63, 3.8) is 0 Å². The third kappa shape index (κ3) is 3.18. The van der Waals surface area contributed by atoms with E-state index in [2.05, 4.69) is 5.32 Å². The molecule has 0 spiro atoms. The zero-order valence-electron chi connectivity index (χ0n) is 11.3. The van der Waals surface area contributed by atoms with E-state index < -0.39 is 30.8 Å². The van der Waals surface area contributed by atoms with E-state index in [1.54, 1.807) is 6.92 Å². The van der Waals surface area contributed by atoms with Crippen molar-refractivity contribution >= 4 is 17.7 Å². The lowest BCUT2D eigenvalue weighted by molar-refractivity contribution is -0.138. The highest BCUT2D eigenvalue weighted by atomic mass is 19.1. The molecule has 1 unspecified atom stereocenters. The first kappa shape index (κ1) is 15.0. The Morgan fingerprint density at radius 1 is 1.48 bits per heavy atom. The third-order valence-corrected chi connectivity index (χ3v) is 3.21. The molecule has 1 atom stereocenters. The van der Waals surface area contributed by atoms with Gasteiger partial charge in [-0.15, -0.1) is 0 Å². The van der Waals surface area contributed by atoms with Gasteiger partial charge in [0.15, 0.2) is 12.4 Å². The molecule has 2 rings (SSSR count). The molecule has 0 heterocycles. The summed E-state index contributed by atoms with van der Waals surface area (Å²) in [4.78, 5) is 33.6. The number of ketones is 1. The number of nitrogens with one attached hydrogen (secondary N) is 1. The summed E-state index contributed by atoms with van der Waals surface area (Å²) in [6.07, 6.45) is 0.206. The van der Waals surface area contributed by atoms with Crippen molar-refractivity contribution in [1.82, 2.24) is 5.32 Å². The van der Waals surface area contributed by atoms with Crippen LogP contribution in [0.3, 0.4) is 0 Å². The summed E-state index contributed by atoms with van der Waals surface area (Å²) in [5.74, 6) is -2.57. The number of ether oxygens (including phenoxy) is 1. The molecule has 0 saturated heterocycles. The molecule has 0 aliphatic heterocycles. The number of carbonyl (C=O) groups is 3. The number of rotatable bonds is 5. The maximum Gasteiger partial charge on any atom is 0.322 e. The van der Waals surface area contributed by atoms with Gasteiger partial charge in [-0.05, 0) is 18.1 Å². The first-order valence-corrected chi connectivity index (χ1v) is 6.37. The van der Waals surface area contributed by atoms with Gasteiger partial charge in [0.25, 0.3) is 5.91 Å². The Balaban J connectivity index is 2.10. The fraction of sp³-hybridized carbons (Fsp3) is 0.357. The Labute approximate surface area is 119 Å². The zero-order valence-corrected chi connectivity index (χ0v) is 11.3. The minimum absolute atomic E-state index is 0.145. The lowest BCUT2D eigenvalue weighted by Crippen LogP contribution is -2.33. The summed E-state index contributed by atoms with van der Waals surface area (Å²) in [7, 11) is 0. The molecule has 0 bridgehead atoms. The van der Waals surface area contributed by atoms with Crippen molar-refractivity contribution in [2.45, 2.75) is 19.3 Å². The fourth-order valence-electron chi connectivity index (χ4n) is 2.31. The Hall–Kier alpha value is -2.44. The molecule has 6 nitrogen and oxygen atoms in total. The summed E-state index contributed by atoms with van der Waals surface area (Å²) in [6.45, 7) is 0.795. The molecule has 1 aromatic rings. The van der Waals surface area contributed by atoms with Gasteiger partial charge in [-0.3, -0.25) is 14.4 Å². The molecule has 7 heteroatoms. The van der Waals surface area contributed by atoms with Crippen LogP contribution in [0.5, 0.6) is 5.75 Å². The number of carbonyl (C=O) groups excluding carboxylic acids is 2. The Kier molecular flexibility index (Phi) is 4.21. The lowest BCUT2D eigenvalue weighted by Gasteiger charge is -2.11. The van der Waals surface area contributed by atoms with Crippen molar-refractivity contribution in [1.29, 1.82) is 0 Å². The van der Waals surface area contributed by atoms with Crippen LogP contribution in [-0.2, 0) is 9.59 Å². The van der Waals surface area contributed by atoms with Crippen molar-refractivity contribution < 1.29 is 28.6 Å².